The summed E-state index contributed by atoms with van der Waals surface area (Å²) in [4.78, 5) is 13.9. The van der Waals surface area contributed by atoms with E-state index >= 15 is 0 Å². The van der Waals surface area contributed by atoms with Gasteiger partial charge in [-0.25, -0.2) is 5.43 Å². The second-order valence-electron chi connectivity index (χ2n) is 6.16. The average Bonchev–Trinajstić information content (AvgIpc) is 2.85. The van der Waals surface area contributed by atoms with E-state index in [0.29, 0.717) is 10.6 Å². The number of carbonyl (C=O) groups excluding carboxylic acids is 1. The minimum atomic E-state index is -0.237. The van der Waals surface area contributed by atoms with E-state index in [1.165, 1.54) is 24.2 Å². The number of hydrogen-bond acceptors (Lipinski definition) is 5. The predicted octanol–water partition coefficient (Wildman–Crippen LogP) is 4.45. The van der Waals surface area contributed by atoms with Crippen LogP contribution >= 0.6 is 11.3 Å². The van der Waals surface area contributed by atoms with Gasteiger partial charge in [-0.15, -0.1) is 11.3 Å². The Bertz CT molecular complexity index is 755. The Balaban J connectivity index is 1.72. The maximum absolute atomic E-state index is 12.4. The summed E-state index contributed by atoms with van der Waals surface area (Å²) in [6.07, 6.45) is 6.73. The molecule has 1 aromatic carbocycles. The van der Waals surface area contributed by atoms with Crippen LogP contribution in [0.15, 0.2) is 35.4 Å². The number of carbonyl (C=O) groups is 1. The van der Waals surface area contributed by atoms with Gasteiger partial charge in [0.15, 0.2) is 0 Å². The van der Waals surface area contributed by atoms with Crippen molar-refractivity contribution in [2.24, 2.45) is 5.10 Å². The zero-order valence-electron chi connectivity index (χ0n) is 14.4. The number of amides is 1. The van der Waals surface area contributed by atoms with Crippen molar-refractivity contribution in [3.05, 3.63) is 35.2 Å². The molecule has 0 aliphatic heterocycles. The van der Waals surface area contributed by atoms with E-state index in [4.69, 9.17) is 10.5 Å². The molecule has 6 heteroatoms. The van der Waals surface area contributed by atoms with Crippen LogP contribution in [0, 0.1) is 0 Å². The Morgan fingerprint density at radius 1 is 1.16 bits per heavy atom. The molecule has 3 rings (SSSR count). The lowest BCUT2D eigenvalue weighted by Crippen LogP contribution is -2.19. The van der Waals surface area contributed by atoms with Crippen LogP contribution in [0.5, 0.6) is 5.75 Å². The number of thiophene rings is 1. The number of methoxy groups -OCH3 is 1. The lowest BCUT2D eigenvalue weighted by Gasteiger charge is -2.03. The minimum Gasteiger partial charge on any atom is -0.497 e. The average molecular weight is 357 g/mol. The smallest absolute Gasteiger partial charge is 0.283 e. The number of nitrogens with zero attached hydrogens (tertiary/aromatic N) is 1. The SMILES string of the molecule is COc1ccc(-c2cc(N)c(C(=O)NN=C3CCCCCC3)s2)cc1. The van der Waals surface area contributed by atoms with Gasteiger partial charge in [-0.1, -0.05) is 12.8 Å². The summed E-state index contributed by atoms with van der Waals surface area (Å²) >= 11 is 1.38. The summed E-state index contributed by atoms with van der Waals surface area (Å²) in [6, 6.07) is 9.53. The molecule has 1 aliphatic rings. The van der Waals surface area contributed by atoms with Crippen LogP contribution in [-0.4, -0.2) is 18.7 Å². The summed E-state index contributed by atoms with van der Waals surface area (Å²) in [6.45, 7) is 0. The zero-order chi connectivity index (χ0) is 17.6. The third kappa shape index (κ3) is 4.39. The van der Waals surface area contributed by atoms with Crippen LogP contribution in [-0.2, 0) is 0 Å². The lowest BCUT2D eigenvalue weighted by molar-refractivity contribution is 0.0959. The fourth-order valence-corrected chi connectivity index (χ4v) is 3.88. The summed E-state index contributed by atoms with van der Waals surface area (Å²) in [5.74, 6) is 0.560. The lowest BCUT2D eigenvalue weighted by atomic mass is 10.2. The number of ether oxygens (including phenoxy) is 1. The van der Waals surface area contributed by atoms with Crippen molar-refractivity contribution < 1.29 is 9.53 Å². The van der Waals surface area contributed by atoms with E-state index in [1.807, 2.05) is 30.3 Å². The standard InChI is InChI=1S/C19H23N3O2S/c1-24-15-10-8-13(9-11-15)17-12-16(20)18(25-17)19(23)22-21-14-6-4-2-3-5-7-14/h8-12H,2-7,20H2,1H3,(H,22,23). The van der Waals surface area contributed by atoms with E-state index < -0.39 is 0 Å². The molecule has 0 saturated heterocycles. The number of nitrogens with two attached hydrogens (primary N) is 1. The third-order valence-corrected chi connectivity index (χ3v) is 5.54. The van der Waals surface area contributed by atoms with Crippen LogP contribution in [0.3, 0.4) is 0 Å². The quantitative estimate of drug-likeness (QED) is 0.627. The van der Waals surface area contributed by atoms with Gasteiger partial charge >= 0.3 is 0 Å². The highest BCUT2D eigenvalue weighted by molar-refractivity contribution is 7.18. The molecular formula is C19H23N3O2S. The van der Waals surface area contributed by atoms with E-state index in [1.54, 1.807) is 7.11 Å². The molecule has 0 unspecified atom stereocenters. The normalized spacial score (nSPS) is 14.7. The van der Waals surface area contributed by atoms with Crippen LogP contribution < -0.4 is 15.9 Å². The highest BCUT2D eigenvalue weighted by Gasteiger charge is 2.16. The van der Waals surface area contributed by atoms with Crippen LogP contribution in [0.1, 0.15) is 48.2 Å². The zero-order valence-corrected chi connectivity index (χ0v) is 15.2. The topological polar surface area (TPSA) is 76.7 Å². The highest BCUT2D eigenvalue weighted by atomic mass is 32.1. The van der Waals surface area contributed by atoms with Gasteiger partial charge in [-0.05, 0) is 61.6 Å². The minimum absolute atomic E-state index is 0.237. The predicted molar refractivity (Wildman–Crippen MR) is 103 cm³/mol. The van der Waals surface area contributed by atoms with Gasteiger partial charge < -0.3 is 10.5 Å². The number of anilines is 1. The van der Waals surface area contributed by atoms with E-state index in [9.17, 15) is 4.79 Å². The maximum Gasteiger partial charge on any atom is 0.283 e. The van der Waals surface area contributed by atoms with Crippen LogP contribution in [0.4, 0.5) is 5.69 Å². The first kappa shape index (κ1) is 17.5. The van der Waals surface area contributed by atoms with Gasteiger partial charge in [0.25, 0.3) is 5.91 Å². The first-order valence-electron chi connectivity index (χ1n) is 8.57. The molecule has 0 spiro atoms. The number of nitrogen functional groups attached to an aromatic ring is 1. The first-order valence-corrected chi connectivity index (χ1v) is 9.38. The molecule has 0 atom stereocenters. The molecule has 1 saturated carbocycles. The van der Waals surface area contributed by atoms with Crippen molar-refractivity contribution in [1.29, 1.82) is 0 Å². The molecule has 5 nitrogen and oxygen atoms in total. The molecule has 0 bridgehead atoms. The molecule has 25 heavy (non-hydrogen) atoms. The van der Waals surface area contributed by atoms with Crippen molar-refractivity contribution in [2.45, 2.75) is 38.5 Å². The van der Waals surface area contributed by atoms with Crippen molar-refractivity contribution in [2.75, 3.05) is 12.8 Å². The van der Waals surface area contributed by atoms with Gasteiger partial charge in [0.2, 0.25) is 0 Å². The highest BCUT2D eigenvalue weighted by Crippen LogP contribution is 2.34. The number of benzene rings is 1. The Hall–Kier alpha value is -2.34. The Morgan fingerprint density at radius 3 is 2.48 bits per heavy atom. The summed E-state index contributed by atoms with van der Waals surface area (Å²) in [5, 5.41) is 4.32. The van der Waals surface area contributed by atoms with E-state index in [0.717, 1.165) is 47.6 Å². The fraction of sp³-hybridized carbons (Fsp3) is 0.368. The maximum atomic E-state index is 12.4. The second-order valence-corrected chi connectivity index (χ2v) is 7.21. The van der Waals surface area contributed by atoms with Crippen molar-refractivity contribution in [1.82, 2.24) is 5.43 Å². The summed E-state index contributed by atoms with van der Waals surface area (Å²) in [7, 11) is 1.64. The van der Waals surface area contributed by atoms with E-state index in [-0.39, 0.29) is 5.91 Å². The van der Waals surface area contributed by atoms with Crippen LogP contribution in [0.25, 0.3) is 10.4 Å². The van der Waals surface area contributed by atoms with Gasteiger partial charge in [0.05, 0.1) is 12.8 Å². The Labute approximate surface area is 151 Å². The largest absolute Gasteiger partial charge is 0.497 e. The van der Waals surface area contributed by atoms with E-state index in [2.05, 4.69) is 10.5 Å². The molecule has 2 aromatic rings. The molecule has 1 heterocycles. The number of nitrogens with one attached hydrogen (secondary N) is 1. The fourth-order valence-electron chi connectivity index (χ4n) is 2.91. The van der Waals surface area contributed by atoms with Crippen molar-refractivity contribution in [3.8, 4) is 16.2 Å². The third-order valence-electron chi connectivity index (χ3n) is 4.34. The Morgan fingerprint density at radius 2 is 1.84 bits per heavy atom. The number of hydrogen-bond donors (Lipinski definition) is 2. The molecule has 3 N–H and O–H groups in total. The first-order chi connectivity index (χ1) is 12.2. The van der Waals surface area contributed by atoms with Crippen molar-refractivity contribution >= 4 is 28.6 Å². The molecule has 132 valence electrons. The summed E-state index contributed by atoms with van der Waals surface area (Å²) in [5.41, 5.74) is 11.3. The molecule has 0 radical (unpaired) electrons. The molecular weight excluding hydrogens is 334 g/mol. The molecule has 1 aromatic heterocycles. The van der Waals surface area contributed by atoms with Gasteiger partial charge in [0.1, 0.15) is 10.6 Å². The molecule has 1 aliphatic carbocycles. The van der Waals surface area contributed by atoms with Crippen molar-refractivity contribution in [3.63, 3.8) is 0 Å². The number of rotatable bonds is 4. The van der Waals surface area contributed by atoms with Gasteiger partial charge in [-0.2, -0.15) is 5.10 Å². The monoisotopic (exact) mass is 357 g/mol. The second kappa shape index (κ2) is 8.16. The van der Waals surface area contributed by atoms with Crippen LogP contribution in [0.2, 0.25) is 0 Å². The van der Waals surface area contributed by atoms with Gasteiger partial charge in [0, 0.05) is 10.6 Å². The molecule has 1 amide bonds. The number of hydrazone groups is 1. The van der Waals surface area contributed by atoms with Gasteiger partial charge in [-0.3, -0.25) is 4.79 Å². The summed E-state index contributed by atoms with van der Waals surface area (Å²) < 4.78 is 5.17. The molecule has 1 fully saturated rings. The Kier molecular flexibility index (Phi) is 5.71.